The lowest BCUT2D eigenvalue weighted by atomic mass is 10.2. The average Bonchev–Trinajstić information content (AvgIpc) is 2.83. The smallest absolute Gasteiger partial charge is 0.339 e. The molecule has 10 heteroatoms. The number of nitrogens with zero attached hydrogens (tertiary/aromatic N) is 1. The van der Waals surface area contributed by atoms with Crippen LogP contribution >= 0.6 is 11.6 Å². The number of halogens is 1. The van der Waals surface area contributed by atoms with Crippen LogP contribution in [0.4, 0.5) is 11.4 Å². The number of benzene rings is 3. The fraction of sp³-hybridized carbons (Fsp3) is 0.231. The number of rotatable bonds is 9. The fourth-order valence-corrected chi connectivity index (χ4v) is 5.11. The summed E-state index contributed by atoms with van der Waals surface area (Å²) in [6.07, 6.45) is 0. The van der Waals surface area contributed by atoms with E-state index in [0.29, 0.717) is 11.4 Å². The van der Waals surface area contributed by atoms with E-state index in [1.807, 2.05) is 13.8 Å². The highest BCUT2D eigenvalue weighted by molar-refractivity contribution is 7.92. The number of hydrogen-bond acceptors (Lipinski definition) is 6. The molecule has 0 unspecified atom stereocenters. The van der Waals surface area contributed by atoms with E-state index in [0.717, 1.165) is 15.4 Å². The number of aryl methyl sites for hydroxylation is 2. The Kier molecular flexibility index (Phi) is 8.60. The van der Waals surface area contributed by atoms with Crippen LogP contribution in [0.25, 0.3) is 0 Å². The first-order valence-corrected chi connectivity index (χ1v) is 12.9. The summed E-state index contributed by atoms with van der Waals surface area (Å²) in [7, 11) is -2.71. The summed E-state index contributed by atoms with van der Waals surface area (Å²) >= 11 is 6.19. The monoisotopic (exact) mass is 530 g/mol. The third-order valence-electron chi connectivity index (χ3n) is 5.25. The Morgan fingerprint density at radius 1 is 0.972 bits per heavy atom. The van der Waals surface area contributed by atoms with E-state index in [1.165, 1.54) is 37.4 Å². The molecule has 0 radical (unpaired) electrons. The highest BCUT2D eigenvalue weighted by atomic mass is 35.5. The van der Waals surface area contributed by atoms with Gasteiger partial charge < -0.3 is 14.8 Å². The van der Waals surface area contributed by atoms with Crippen molar-refractivity contribution in [3.63, 3.8) is 0 Å². The number of sulfonamides is 1. The fourth-order valence-electron chi connectivity index (χ4n) is 3.43. The largest absolute Gasteiger partial charge is 0.495 e. The highest BCUT2D eigenvalue weighted by Gasteiger charge is 2.29. The van der Waals surface area contributed by atoms with E-state index in [-0.39, 0.29) is 27.8 Å². The maximum Gasteiger partial charge on any atom is 0.339 e. The van der Waals surface area contributed by atoms with Crippen LogP contribution in [0.15, 0.2) is 65.6 Å². The maximum absolute atomic E-state index is 13.7. The Hall–Kier alpha value is -3.56. The number of carbonyl (C=O) groups excluding carboxylic acids is 2. The number of amides is 1. The Bertz CT molecular complexity index is 1370. The van der Waals surface area contributed by atoms with Gasteiger partial charge in [-0.3, -0.25) is 9.10 Å². The van der Waals surface area contributed by atoms with Crippen molar-refractivity contribution in [3.05, 3.63) is 82.4 Å². The molecule has 0 atom stereocenters. The molecular formula is C26H27ClN2O6S. The van der Waals surface area contributed by atoms with Crippen molar-refractivity contribution in [1.29, 1.82) is 0 Å². The number of carbonyl (C=O) groups is 2. The van der Waals surface area contributed by atoms with Gasteiger partial charge in [0.15, 0.2) is 0 Å². The third-order valence-corrected chi connectivity index (χ3v) is 7.33. The van der Waals surface area contributed by atoms with Gasteiger partial charge in [0.05, 0.1) is 34.9 Å². The zero-order valence-electron chi connectivity index (χ0n) is 20.4. The Morgan fingerprint density at radius 3 is 2.25 bits per heavy atom. The van der Waals surface area contributed by atoms with Crippen LogP contribution in [-0.4, -0.2) is 40.6 Å². The summed E-state index contributed by atoms with van der Waals surface area (Å²) in [6, 6.07) is 15.7. The van der Waals surface area contributed by atoms with Gasteiger partial charge in [-0.25, -0.2) is 13.2 Å². The lowest BCUT2D eigenvalue weighted by Crippen LogP contribution is -2.38. The van der Waals surface area contributed by atoms with Crippen molar-refractivity contribution in [2.45, 2.75) is 25.7 Å². The quantitative estimate of drug-likeness (QED) is 0.392. The van der Waals surface area contributed by atoms with Gasteiger partial charge in [0.2, 0.25) is 5.91 Å². The van der Waals surface area contributed by atoms with Gasteiger partial charge in [-0.2, -0.15) is 0 Å². The molecule has 3 aromatic carbocycles. The molecular weight excluding hydrogens is 504 g/mol. The van der Waals surface area contributed by atoms with Gasteiger partial charge >= 0.3 is 5.97 Å². The van der Waals surface area contributed by atoms with Crippen molar-refractivity contribution in [2.75, 3.05) is 29.9 Å². The molecule has 0 aliphatic heterocycles. The predicted molar refractivity (Wildman–Crippen MR) is 139 cm³/mol. The number of ether oxygens (including phenoxy) is 2. The highest BCUT2D eigenvalue weighted by Crippen LogP contribution is 2.33. The van der Waals surface area contributed by atoms with Crippen molar-refractivity contribution in [2.24, 2.45) is 0 Å². The Labute approximate surface area is 215 Å². The van der Waals surface area contributed by atoms with Crippen molar-refractivity contribution in [3.8, 4) is 5.75 Å². The van der Waals surface area contributed by atoms with Crippen LogP contribution in [0.1, 0.15) is 28.4 Å². The summed E-state index contributed by atoms with van der Waals surface area (Å²) in [5.41, 5.74) is 2.36. The van der Waals surface area contributed by atoms with E-state index in [9.17, 15) is 18.0 Å². The first-order valence-electron chi connectivity index (χ1n) is 11.1. The molecule has 8 nitrogen and oxygen atoms in total. The minimum absolute atomic E-state index is 0.0336. The van der Waals surface area contributed by atoms with Gasteiger partial charge in [-0.05, 0) is 68.8 Å². The molecule has 0 saturated heterocycles. The van der Waals surface area contributed by atoms with E-state index in [4.69, 9.17) is 21.1 Å². The van der Waals surface area contributed by atoms with Crippen LogP contribution in [0, 0.1) is 13.8 Å². The molecule has 190 valence electrons. The molecule has 0 aromatic heterocycles. The number of anilines is 2. The van der Waals surface area contributed by atoms with Gasteiger partial charge in [-0.1, -0.05) is 35.4 Å². The minimum atomic E-state index is -4.13. The number of hydrogen-bond donors (Lipinski definition) is 1. The van der Waals surface area contributed by atoms with Crippen LogP contribution in [0.3, 0.4) is 0 Å². The molecule has 0 aliphatic rings. The summed E-state index contributed by atoms with van der Waals surface area (Å²) in [6.45, 7) is 5.00. The predicted octanol–water partition coefficient (Wildman–Crippen LogP) is 4.98. The second kappa shape index (κ2) is 11.5. The molecule has 3 aromatic rings. The van der Waals surface area contributed by atoms with E-state index >= 15 is 0 Å². The van der Waals surface area contributed by atoms with Crippen molar-refractivity contribution < 1.29 is 27.5 Å². The van der Waals surface area contributed by atoms with Crippen LogP contribution in [0.2, 0.25) is 5.02 Å². The van der Waals surface area contributed by atoms with Crippen molar-refractivity contribution >= 4 is 44.9 Å². The van der Waals surface area contributed by atoms with Crippen LogP contribution in [0.5, 0.6) is 5.75 Å². The summed E-state index contributed by atoms with van der Waals surface area (Å²) in [4.78, 5) is 25.1. The van der Waals surface area contributed by atoms with E-state index < -0.39 is 28.4 Å². The van der Waals surface area contributed by atoms with E-state index in [2.05, 4.69) is 5.32 Å². The van der Waals surface area contributed by atoms with Gasteiger partial charge in [0.25, 0.3) is 10.0 Å². The molecule has 36 heavy (non-hydrogen) atoms. The number of nitrogens with one attached hydrogen (secondary N) is 1. The van der Waals surface area contributed by atoms with E-state index in [1.54, 1.807) is 37.3 Å². The summed E-state index contributed by atoms with van der Waals surface area (Å²) in [5.74, 6) is -0.901. The molecule has 0 saturated carbocycles. The summed E-state index contributed by atoms with van der Waals surface area (Å²) in [5, 5.41) is 2.74. The maximum atomic E-state index is 13.7. The average molecular weight is 531 g/mol. The number of methoxy groups -OCH3 is 1. The molecule has 1 N–H and O–H groups in total. The zero-order chi connectivity index (χ0) is 26.5. The molecule has 0 heterocycles. The molecule has 1 amide bonds. The normalized spacial score (nSPS) is 11.0. The van der Waals surface area contributed by atoms with Gasteiger partial charge in [0.1, 0.15) is 12.3 Å². The lowest BCUT2D eigenvalue weighted by Gasteiger charge is -2.26. The second-order valence-electron chi connectivity index (χ2n) is 7.96. The standard InChI is InChI=1S/C26H27ClN2O6S/c1-5-35-26(31)21-12-9-19(15-22(21)27)28-25(30)16-29(23-14-18(3)8-13-24(23)34-4)36(32,33)20-10-6-17(2)7-11-20/h6-15H,5,16H2,1-4H3,(H,28,30). The SMILES string of the molecule is CCOC(=O)c1ccc(NC(=O)CN(c2cc(C)ccc2OC)S(=O)(=O)c2ccc(C)cc2)cc1Cl. The van der Waals surface area contributed by atoms with Crippen LogP contribution in [-0.2, 0) is 19.6 Å². The lowest BCUT2D eigenvalue weighted by molar-refractivity contribution is -0.114. The molecule has 3 rings (SSSR count). The minimum Gasteiger partial charge on any atom is -0.495 e. The van der Waals surface area contributed by atoms with Gasteiger partial charge in [-0.15, -0.1) is 0 Å². The Balaban J connectivity index is 1.96. The topological polar surface area (TPSA) is 102 Å². The first-order chi connectivity index (χ1) is 17.1. The molecule has 0 spiro atoms. The molecule has 0 bridgehead atoms. The van der Waals surface area contributed by atoms with Crippen LogP contribution < -0.4 is 14.4 Å². The Morgan fingerprint density at radius 2 is 1.64 bits per heavy atom. The first kappa shape index (κ1) is 27.0. The van der Waals surface area contributed by atoms with Gasteiger partial charge in [0, 0.05) is 5.69 Å². The second-order valence-corrected chi connectivity index (χ2v) is 10.2. The van der Waals surface area contributed by atoms with Crippen molar-refractivity contribution in [1.82, 2.24) is 0 Å². The zero-order valence-corrected chi connectivity index (χ0v) is 21.9. The molecule has 0 fully saturated rings. The third kappa shape index (κ3) is 6.16. The molecule has 0 aliphatic carbocycles. The number of esters is 1. The summed E-state index contributed by atoms with van der Waals surface area (Å²) < 4.78 is 38.7.